The second kappa shape index (κ2) is 7.92. The fourth-order valence-corrected chi connectivity index (χ4v) is 4.83. The molecule has 1 atom stereocenters. The summed E-state index contributed by atoms with van der Waals surface area (Å²) in [4.78, 5) is 30.6. The molecule has 0 radical (unpaired) electrons. The molecule has 0 aliphatic carbocycles. The van der Waals surface area contributed by atoms with Crippen LogP contribution in [-0.2, 0) is 4.79 Å². The van der Waals surface area contributed by atoms with Crippen molar-refractivity contribution in [1.82, 2.24) is 19.3 Å². The van der Waals surface area contributed by atoms with Crippen molar-refractivity contribution in [2.75, 3.05) is 18.2 Å². The third-order valence-corrected chi connectivity index (χ3v) is 6.27. The average Bonchev–Trinajstić information content (AvgIpc) is 3.40. The van der Waals surface area contributed by atoms with Crippen LogP contribution in [0.1, 0.15) is 12.5 Å². The van der Waals surface area contributed by atoms with Crippen LogP contribution in [0.5, 0.6) is 5.75 Å². The Hall–Kier alpha value is -3.59. The largest absolute Gasteiger partial charge is 0.495 e. The van der Waals surface area contributed by atoms with Gasteiger partial charge in [0.15, 0.2) is 10.8 Å². The molecule has 1 aliphatic rings. The molecule has 0 saturated heterocycles. The molecule has 3 heterocycles. The summed E-state index contributed by atoms with van der Waals surface area (Å²) in [6, 6.07) is 16.5. The molecule has 0 spiro atoms. The zero-order valence-electron chi connectivity index (χ0n) is 16.7. The van der Waals surface area contributed by atoms with Gasteiger partial charge in [0.05, 0.1) is 30.7 Å². The molecule has 1 amide bonds. The topological polar surface area (TPSA) is 91.0 Å². The second-order valence-electron chi connectivity index (χ2n) is 7.12. The van der Waals surface area contributed by atoms with Crippen LogP contribution in [0, 0.1) is 0 Å². The Morgan fingerprint density at radius 2 is 1.97 bits per heavy atom. The third-order valence-electron chi connectivity index (χ3n) is 5.17. The zero-order valence-corrected chi connectivity index (χ0v) is 17.5. The van der Waals surface area contributed by atoms with Gasteiger partial charge in [-0.05, 0) is 24.3 Å². The maximum atomic E-state index is 13.2. The van der Waals surface area contributed by atoms with E-state index < -0.39 is 0 Å². The van der Waals surface area contributed by atoms with Crippen molar-refractivity contribution >= 4 is 34.4 Å². The molecule has 4 aromatic rings. The quantitative estimate of drug-likeness (QED) is 0.486. The number of anilines is 1. The van der Waals surface area contributed by atoms with Gasteiger partial charge in [-0.15, -0.1) is 0 Å². The lowest BCUT2D eigenvalue weighted by Crippen LogP contribution is -2.27. The van der Waals surface area contributed by atoms with Gasteiger partial charge in [-0.3, -0.25) is 14.2 Å². The smallest absolute Gasteiger partial charge is 0.265 e. The Bertz CT molecular complexity index is 1330. The number of nitrogens with one attached hydrogen (secondary N) is 1. The summed E-state index contributed by atoms with van der Waals surface area (Å²) in [6.45, 7) is 0. The van der Waals surface area contributed by atoms with E-state index in [9.17, 15) is 9.59 Å². The molecule has 1 N–H and O–H groups in total. The van der Waals surface area contributed by atoms with E-state index in [0.29, 0.717) is 33.4 Å². The molecule has 0 bridgehead atoms. The monoisotopic (exact) mass is 433 g/mol. The van der Waals surface area contributed by atoms with Crippen LogP contribution < -0.4 is 15.6 Å². The number of para-hydroxylation sites is 3. The number of benzene rings is 2. The standard InChI is InChI=1S/C22H19N5O3S/c1-30-18-10-6-5-9-17(18)24-19(28)11-15-13-31-22-25-20-16(21(29)26(15)22)12-23-27(20)14-7-3-2-4-8-14/h2-10,12,15H,11,13H2,1H3,(H,24,28)/t15-/m1/s1. The lowest BCUT2D eigenvalue weighted by Gasteiger charge is -2.14. The summed E-state index contributed by atoms with van der Waals surface area (Å²) < 4.78 is 8.57. The van der Waals surface area contributed by atoms with Crippen LogP contribution in [0.15, 0.2) is 70.7 Å². The Balaban J connectivity index is 1.44. The lowest BCUT2D eigenvalue weighted by atomic mass is 10.2. The van der Waals surface area contributed by atoms with E-state index in [1.165, 1.54) is 11.8 Å². The number of fused-ring (bicyclic) bond motifs is 2. The van der Waals surface area contributed by atoms with Crippen molar-refractivity contribution in [1.29, 1.82) is 0 Å². The van der Waals surface area contributed by atoms with E-state index in [1.807, 2.05) is 42.5 Å². The van der Waals surface area contributed by atoms with Gasteiger partial charge in [0.1, 0.15) is 11.1 Å². The van der Waals surface area contributed by atoms with Crippen molar-refractivity contribution in [3.05, 3.63) is 71.1 Å². The van der Waals surface area contributed by atoms with E-state index >= 15 is 0 Å². The van der Waals surface area contributed by atoms with Crippen LogP contribution in [-0.4, -0.2) is 38.1 Å². The predicted octanol–water partition coefficient (Wildman–Crippen LogP) is 3.27. The highest BCUT2D eigenvalue weighted by Crippen LogP contribution is 2.34. The number of carbonyl (C=O) groups excluding carboxylic acids is 1. The molecule has 8 nitrogen and oxygen atoms in total. The van der Waals surface area contributed by atoms with Crippen LogP contribution in [0.2, 0.25) is 0 Å². The highest BCUT2D eigenvalue weighted by Gasteiger charge is 2.29. The molecule has 0 unspecified atom stereocenters. The number of methoxy groups -OCH3 is 1. The number of hydrogen-bond donors (Lipinski definition) is 1. The van der Waals surface area contributed by atoms with Gasteiger partial charge in [-0.1, -0.05) is 42.1 Å². The SMILES string of the molecule is COc1ccccc1NC(=O)C[C@@H]1CSc2nc3c(cnn3-c3ccccc3)c(=O)n21. The van der Waals surface area contributed by atoms with Crippen LogP contribution in [0.4, 0.5) is 5.69 Å². The molecule has 0 saturated carbocycles. The minimum atomic E-state index is -0.279. The number of hydrogen-bond acceptors (Lipinski definition) is 6. The van der Waals surface area contributed by atoms with Gasteiger partial charge in [0.25, 0.3) is 5.56 Å². The molecule has 2 aromatic heterocycles. The first-order valence-electron chi connectivity index (χ1n) is 9.77. The first-order valence-corrected chi connectivity index (χ1v) is 10.8. The Labute approximate surface area is 181 Å². The van der Waals surface area contributed by atoms with Crippen LogP contribution in [0.25, 0.3) is 16.7 Å². The van der Waals surface area contributed by atoms with E-state index in [2.05, 4.69) is 10.4 Å². The van der Waals surface area contributed by atoms with Gasteiger partial charge in [0.2, 0.25) is 5.91 Å². The normalized spacial score (nSPS) is 15.1. The first kappa shape index (κ1) is 19.4. The number of ether oxygens (including phenoxy) is 1. The van der Waals surface area contributed by atoms with Gasteiger partial charge in [-0.25, -0.2) is 9.67 Å². The van der Waals surface area contributed by atoms with Gasteiger partial charge in [0, 0.05) is 12.2 Å². The zero-order chi connectivity index (χ0) is 21.4. The van der Waals surface area contributed by atoms with Crippen molar-refractivity contribution < 1.29 is 9.53 Å². The number of carbonyl (C=O) groups is 1. The average molecular weight is 433 g/mol. The summed E-state index contributed by atoms with van der Waals surface area (Å²) in [5.74, 6) is 1.01. The maximum absolute atomic E-state index is 13.2. The van der Waals surface area contributed by atoms with E-state index in [0.717, 1.165) is 5.69 Å². The second-order valence-corrected chi connectivity index (χ2v) is 8.10. The third kappa shape index (κ3) is 3.46. The molecule has 31 heavy (non-hydrogen) atoms. The Kier molecular flexibility index (Phi) is 4.95. The Morgan fingerprint density at radius 3 is 2.77 bits per heavy atom. The summed E-state index contributed by atoms with van der Waals surface area (Å²) in [7, 11) is 1.56. The molecular weight excluding hydrogens is 414 g/mol. The van der Waals surface area contributed by atoms with E-state index in [4.69, 9.17) is 9.72 Å². The fourth-order valence-electron chi connectivity index (χ4n) is 3.70. The molecule has 0 fully saturated rings. The molecule has 156 valence electrons. The highest BCUT2D eigenvalue weighted by molar-refractivity contribution is 7.99. The van der Waals surface area contributed by atoms with Crippen molar-refractivity contribution in [2.24, 2.45) is 0 Å². The number of thioether (sulfide) groups is 1. The number of rotatable bonds is 5. The van der Waals surface area contributed by atoms with Gasteiger partial charge < -0.3 is 10.1 Å². The molecular formula is C22H19N5O3S. The lowest BCUT2D eigenvalue weighted by molar-refractivity contribution is -0.116. The van der Waals surface area contributed by atoms with Crippen LogP contribution in [0.3, 0.4) is 0 Å². The highest BCUT2D eigenvalue weighted by atomic mass is 32.2. The van der Waals surface area contributed by atoms with Crippen molar-refractivity contribution in [2.45, 2.75) is 17.6 Å². The molecule has 1 aliphatic heterocycles. The van der Waals surface area contributed by atoms with Crippen molar-refractivity contribution in [3.63, 3.8) is 0 Å². The summed E-state index contributed by atoms with van der Waals surface area (Å²) in [6.07, 6.45) is 1.71. The number of aromatic nitrogens is 4. The maximum Gasteiger partial charge on any atom is 0.265 e. The predicted molar refractivity (Wildman–Crippen MR) is 119 cm³/mol. The molecule has 5 rings (SSSR count). The summed E-state index contributed by atoms with van der Waals surface area (Å²) in [5.41, 5.74) is 1.78. The van der Waals surface area contributed by atoms with E-state index in [1.54, 1.807) is 34.7 Å². The number of amides is 1. The summed E-state index contributed by atoms with van der Waals surface area (Å²) >= 11 is 1.47. The first-order chi connectivity index (χ1) is 15.2. The van der Waals surface area contributed by atoms with Crippen molar-refractivity contribution in [3.8, 4) is 11.4 Å². The van der Waals surface area contributed by atoms with Gasteiger partial charge in [-0.2, -0.15) is 5.10 Å². The molecule has 9 heteroatoms. The number of nitrogens with zero attached hydrogens (tertiary/aromatic N) is 4. The minimum Gasteiger partial charge on any atom is -0.495 e. The van der Waals surface area contributed by atoms with Crippen LogP contribution >= 0.6 is 11.8 Å². The summed E-state index contributed by atoms with van der Waals surface area (Å²) in [5, 5.41) is 8.28. The Morgan fingerprint density at radius 1 is 1.19 bits per heavy atom. The van der Waals surface area contributed by atoms with E-state index in [-0.39, 0.29) is 23.9 Å². The molecule has 2 aromatic carbocycles. The van der Waals surface area contributed by atoms with Gasteiger partial charge >= 0.3 is 0 Å². The fraction of sp³-hybridized carbons (Fsp3) is 0.182. The minimum absolute atomic E-state index is 0.165.